The van der Waals surface area contributed by atoms with Gasteiger partial charge >= 0.3 is 0 Å². The van der Waals surface area contributed by atoms with E-state index < -0.39 is 0 Å². The number of aryl methyl sites for hydroxylation is 4. The van der Waals surface area contributed by atoms with Crippen LogP contribution in [0, 0.1) is 27.7 Å². The van der Waals surface area contributed by atoms with Crippen molar-refractivity contribution >= 4 is 0 Å². The molecule has 0 saturated carbocycles. The molecule has 0 aromatic heterocycles. The number of hydrogen-bond acceptors (Lipinski definition) is 0. The summed E-state index contributed by atoms with van der Waals surface area (Å²) < 4.78 is 0. The van der Waals surface area contributed by atoms with Gasteiger partial charge in [0.15, 0.2) is 0 Å². The normalized spacial score (nSPS) is 10.7. The maximum Gasteiger partial charge on any atom is -0.0154 e. The van der Waals surface area contributed by atoms with Crippen molar-refractivity contribution in [1.82, 2.24) is 0 Å². The molecule has 3 rings (SSSR count). The highest BCUT2D eigenvalue weighted by Gasteiger charge is 2.05. The lowest BCUT2D eigenvalue weighted by atomic mass is 9.94. The standard InChI is InChI=1S/C22H22/c1-15-8-11-22(18(4)12-15)21-7-5-6-19(14-21)20-10-9-16(2)17(3)13-20/h5-14H,1-4H3. The monoisotopic (exact) mass is 286 g/mol. The summed E-state index contributed by atoms with van der Waals surface area (Å²) in [5.74, 6) is 0. The topological polar surface area (TPSA) is 0 Å². The van der Waals surface area contributed by atoms with Crippen molar-refractivity contribution in [3.63, 3.8) is 0 Å². The third kappa shape index (κ3) is 2.82. The molecule has 0 aliphatic heterocycles. The first kappa shape index (κ1) is 14.6. The van der Waals surface area contributed by atoms with Gasteiger partial charge in [0.05, 0.1) is 0 Å². The molecule has 0 spiro atoms. The Hall–Kier alpha value is -2.34. The predicted octanol–water partition coefficient (Wildman–Crippen LogP) is 6.25. The molecule has 0 aliphatic carbocycles. The average Bonchev–Trinajstić information content (AvgIpc) is 2.50. The third-order valence-corrected chi connectivity index (χ3v) is 4.40. The van der Waals surface area contributed by atoms with Crippen LogP contribution < -0.4 is 0 Å². The van der Waals surface area contributed by atoms with Gasteiger partial charge in [-0.1, -0.05) is 60.2 Å². The summed E-state index contributed by atoms with van der Waals surface area (Å²) >= 11 is 0. The highest BCUT2D eigenvalue weighted by atomic mass is 14.1. The molecule has 0 atom stereocenters. The van der Waals surface area contributed by atoms with Crippen LogP contribution in [0.2, 0.25) is 0 Å². The summed E-state index contributed by atoms with van der Waals surface area (Å²) in [6.07, 6.45) is 0. The van der Waals surface area contributed by atoms with Crippen LogP contribution in [0.3, 0.4) is 0 Å². The highest BCUT2D eigenvalue weighted by molar-refractivity contribution is 5.75. The van der Waals surface area contributed by atoms with Gasteiger partial charge in [0.2, 0.25) is 0 Å². The Labute approximate surface area is 133 Å². The van der Waals surface area contributed by atoms with Crippen molar-refractivity contribution in [1.29, 1.82) is 0 Å². The Morgan fingerprint density at radius 2 is 1.23 bits per heavy atom. The van der Waals surface area contributed by atoms with Crippen molar-refractivity contribution in [3.8, 4) is 22.3 Å². The summed E-state index contributed by atoms with van der Waals surface area (Å²) in [4.78, 5) is 0. The minimum absolute atomic E-state index is 1.28. The lowest BCUT2D eigenvalue weighted by Gasteiger charge is -2.10. The maximum atomic E-state index is 2.29. The fourth-order valence-corrected chi connectivity index (χ4v) is 2.92. The molecule has 0 heteroatoms. The van der Waals surface area contributed by atoms with E-state index in [1.165, 1.54) is 44.5 Å². The van der Waals surface area contributed by atoms with E-state index in [9.17, 15) is 0 Å². The lowest BCUT2D eigenvalue weighted by Crippen LogP contribution is -1.87. The molecule has 110 valence electrons. The van der Waals surface area contributed by atoms with Crippen LogP contribution in [0.25, 0.3) is 22.3 Å². The summed E-state index contributed by atoms with van der Waals surface area (Å²) in [6.45, 7) is 8.66. The maximum absolute atomic E-state index is 2.29. The second-order valence-corrected chi connectivity index (χ2v) is 6.20. The van der Waals surface area contributed by atoms with Crippen molar-refractivity contribution in [2.24, 2.45) is 0 Å². The number of rotatable bonds is 2. The van der Waals surface area contributed by atoms with Gasteiger partial charge in [-0.3, -0.25) is 0 Å². The molecule has 0 fully saturated rings. The zero-order chi connectivity index (χ0) is 15.7. The zero-order valence-electron chi connectivity index (χ0n) is 13.8. The first-order valence-corrected chi connectivity index (χ1v) is 7.80. The zero-order valence-corrected chi connectivity index (χ0v) is 13.8. The van der Waals surface area contributed by atoms with Gasteiger partial charge in [-0.25, -0.2) is 0 Å². The van der Waals surface area contributed by atoms with E-state index >= 15 is 0 Å². The largest absolute Gasteiger partial charge is 0.0610 e. The summed E-state index contributed by atoms with van der Waals surface area (Å²) in [7, 11) is 0. The molecular formula is C22H22. The average molecular weight is 286 g/mol. The summed E-state index contributed by atoms with van der Waals surface area (Å²) in [5.41, 5.74) is 10.5. The Morgan fingerprint density at radius 3 is 1.95 bits per heavy atom. The third-order valence-electron chi connectivity index (χ3n) is 4.40. The van der Waals surface area contributed by atoms with Gasteiger partial charge in [-0.15, -0.1) is 0 Å². The van der Waals surface area contributed by atoms with Crippen LogP contribution in [-0.4, -0.2) is 0 Å². The number of benzene rings is 3. The second-order valence-electron chi connectivity index (χ2n) is 6.20. The summed E-state index contributed by atoms with van der Waals surface area (Å²) in [6, 6.07) is 22.2. The van der Waals surface area contributed by atoms with Gasteiger partial charge in [0.25, 0.3) is 0 Å². The quantitative estimate of drug-likeness (QED) is 0.522. The van der Waals surface area contributed by atoms with Crippen LogP contribution in [0.15, 0.2) is 60.7 Å². The number of hydrogen-bond donors (Lipinski definition) is 0. The van der Waals surface area contributed by atoms with Gasteiger partial charge in [0.1, 0.15) is 0 Å². The molecule has 3 aromatic carbocycles. The van der Waals surface area contributed by atoms with E-state index in [4.69, 9.17) is 0 Å². The molecule has 3 aromatic rings. The lowest BCUT2D eigenvalue weighted by molar-refractivity contribution is 1.34. The molecule has 0 unspecified atom stereocenters. The van der Waals surface area contributed by atoms with Crippen LogP contribution in [0.1, 0.15) is 22.3 Å². The molecular weight excluding hydrogens is 264 g/mol. The first-order valence-electron chi connectivity index (χ1n) is 7.80. The molecule has 0 aliphatic rings. The molecule has 0 bridgehead atoms. The van der Waals surface area contributed by atoms with Crippen LogP contribution in [0.5, 0.6) is 0 Å². The van der Waals surface area contributed by atoms with Crippen molar-refractivity contribution < 1.29 is 0 Å². The molecule has 0 radical (unpaired) electrons. The Morgan fingerprint density at radius 1 is 0.500 bits per heavy atom. The molecule has 0 saturated heterocycles. The Bertz CT molecular complexity index is 825. The second kappa shape index (κ2) is 5.81. The van der Waals surface area contributed by atoms with Crippen LogP contribution in [0.4, 0.5) is 0 Å². The van der Waals surface area contributed by atoms with E-state index in [-0.39, 0.29) is 0 Å². The van der Waals surface area contributed by atoms with Gasteiger partial charge in [0, 0.05) is 0 Å². The van der Waals surface area contributed by atoms with Crippen LogP contribution in [-0.2, 0) is 0 Å². The smallest absolute Gasteiger partial charge is 0.0154 e. The Kier molecular flexibility index (Phi) is 3.85. The fraction of sp³-hybridized carbons (Fsp3) is 0.182. The molecule has 0 amide bonds. The van der Waals surface area contributed by atoms with Crippen molar-refractivity contribution in [3.05, 3.63) is 82.9 Å². The molecule has 22 heavy (non-hydrogen) atoms. The van der Waals surface area contributed by atoms with E-state index in [1.807, 2.05) is 0 Å². The van der Waals surface area contributed by atoms with E-state index in [2.05, 4.69) is 88.4 Å². The van der Waals surface area contributed by atoms with E-state index in [0.717, 1.165) is 0 Å². The highest BCUT2D eigenvalue weighted by Crippen LogP contribution is 2.29. The Balaban J connectivity index is 2.07. The molecule has 0 N–H and O–H groups in total. The minimum atomic E-state index is 1.28. The molecule has 0 nitrogen and oxygen atoms in total. The van der Waals surface area contributed by atoms with E-state index in [1.54, 1.807) is 0 Å². The molecule has 0 heterocycles. The summed E-state index contributed by atoms with van der Waals surface area (Å²) in [5, 5.41) is 0. The van der Waals surface area contributed by atoms with Crippen molar-refractivity contribution in [2.45, 2.75) is 27.7 Å². The fourth-order valence-electron chi connectivity index (χ4n) is 2.92. The van der Waals surface area contributed by atoms with Gasteiger partial charge in [-0.05, 0) is 72.7 Å². The van der Waals surface area contributed by atoms with Crippen molar-refractivity contribution in [2.75, 3.05) is 0 Å². The van der Waals surface area contributed by atoms with Crippen LogP contribution >= 0.6 is 0 Å². The SMILES string of the molecule is Cc1ccc(-c2cccc(-c3ccc(C)c(C)c3)c2)c(C)c1. The first-order chi connectivity index (χ1) is 10.5. The predicted molar refractivity (Wildman–Crippen MR) is 96.3 cm³/mol. The van der Waals surface area contributed by atoms with Gasteiger partial charge in [-0.2, -0.15) is 0 Å². The van der Waals surface area contributed by atoms with E-state index in [0.29, 0.717) is 0 Å². The van der Waals surface area contributed by atoms with Gasteiger partial charge < -0.3 is 0 Å². The minimum Gasteiger partial charge on any atom is -0.0610 e.